The van der Waals surface area contributed by atoms with Gasteiger partial charge in [-0.05, 0) is 37.3 Å². The van der Waals surface area contributed by atoms with Gasteiger partial charge in [-0.25, -0.2) is 19.1 Å². The minimum absolute atomic E-state index is 0.468. The van der Waals surface area contributed by atoms with E-state index in [1.165, 1.54) is 10.7 Å². The fraction of sp³-hybridized carbons (Fsp3) is 0.600. The van der Waals surface area contributed by atoms with Gasteiger partial charge in [0.25, 0.3) is 0 Å². The molecule has 1 fully saturated rings. The molecule has 1 aliphatic heterocycles. The number of hydrogen-bond acceptors (Lipinski definition) is 5. The van der Waals surface area contributed by atoms with Crippen molar-refractivity contribution in [2.24, 2.45) is 5.92 Å². The maximum atomic E-state index is 11.3. The first-order valence-corrected chi connectivity index (χ1v) is 9.81. The van der Waals surface area contributed by atoms with Crippen molar-refractivity contribution in [3.8, 4) is 0 Å². The van der Waals surface area contributed by atoms with Crippen LogP contribution in [-0.2, 0) is 11.3 Å². The molecule has 0 saturated carbocycles. The van der Waals surface area contributed by atoms with Crippen molar-refractivity contribution >= 4 is 34.2 Å². The summed E-state index contributed by atoms with van der Waals surface area (Å²) in [6.07, 6.45) is 3.28. The van der Waals surface area contributed by atoms with Crippen LogP contribution in [0.3, 0.4) is 0 Å². The molecule has 8 nitrogen and oxygen atoms in total. The minimum Gasteiger partial charge on any atom is -0.354 e. The second-order valence-corrected chi connectivity index (χ2v) is 7.58. The molecule has 2 aromatic heterocycles. The number of hydrazine groups is 1. The van der Waals surface area contributed by atoms with Gasteiger partial charge in [0.1, 0.15) is 17.0 Å². The van der Waals surface area contributed by atoms with E-state index >= 15 is 0 Å². The zero-order valence-electron chi connectivity index (χ0n) is 14.4. The third kappa shape index (κ3) is 3.95. The molecule has 25 heavy (non-hydrogen) atoms. The number of aryl methyl sites for hydroxylation is 1. The Balaban J connectivity index is 1.59. The summed E-state index contributed by atoms with van der Waals surface area (Å²) in [7, 11) is 0. The van der Waals surface area contributed by atoms with E-state index in [4.69, 9.17) is 11.6 Å². The number of aromatic nitrogens is 3. The highest BCUT2D eigenvalue weighted by Gasteiger charge is 2.30. The maximum Gasteiger partial charge on any atom is 0.248 e. The van der Waals surface area contributed by atoms with Gasteiger partial charge >= 0.3 is 0 Å². The van der Waals surface area contributed by atoms with E-state index in [9.17, 15) is 8.76 Å². The van der Waals surface area contributed by atoms with Gasteiger partial charge in [-0.15, -0.1) is 4.41 Å². The van der Waals surface area contributed by atoms with E-state index in [1.54, 1.807) is 4.52 Å². The van der Waals surface area contributed by atoms with Gasteiger partial charge in [-0.2, -0.15) is 5.10 Å². The lowest BCUT2D eigenvalue weighted by molar-refractivity contribution is 0.267. The van der Waals surface area contributed by atoms with E-state index in [0.29, 0.717) is 24.2 Å². The number of anilines is 1. The molecule has 0 aliphatic carbocycles. The lowest BCUT2D eigenvalue weighted by Crippen LogP contribution is -2.49. The minimum atomic E-state index is -1.99. The van der Waals surface area contributed by atoms with Crippen molar-refractivity contribution in [3.63, 3.8) is 0 Å². The lowest BCUT2D eigenvalue weighted by Gasteiger charge is -2.41. The average Bonchev–Trinajstić information content (AvgIpc) is 2.83. The Labute approximate surface area is 154 Å². The number of nitrogens with one attached hydrogen (secondary N) is 1. The highest BCUT2D eigenvalue weighted by atomic mass is 35.5. The van der Waals surface area contributed by atoms with Crippen LogP contribution in [-0.4, -0.2) is 54.0 Å². The Bertz CT molecular complexity index is 764. The summed E-state index contributed by atoms with van der Waals surface area (Å²) in [6.45, 7) is 6.99. The second-order valence-electron chi connectivity index (χ2n) is 6.29. The molecule has 138 valence electrons. The number of hydrogen-bond donors (Lipinski definition) is 2. The summed E-state index contributed by atoms with van der Waals surface area (Å²) in [5, 5.41) is 4.78. The summed E-state index contributed by atoms with van der Waals surface area (Å²) >= 11 is 4.20. The van der Waals surface area contributed by atoms with Gasteiger partial charge in [0.05, 0.1) is 0 Å². The molecule has 10 heteroatoms. The van der Waals surface area contributed by atoms with Crippen LogP contribution in [0.5, 0.6) is 0 Å². The molecule has 1 unspecified atom stereocenters. The number of nitrogens with zero attached hydrogens (tertiary/aromatic N) is 5. The van der Waals surface area contributed by atoms with Crippen molar-refractivity contribution in [1.82, 2.24) is 24.4 Å². The van der Waals surface area contributed by atoms with Crippen LogP contribution in [0.25, 0.3) is 5.52 Å². The first-order valence-electron chi connectivity index (χ1n) is 8.37. The van der Waals surface area contributed by atoms with E-state index in [-0.39, 0.29) is 0 Å². The number of halogens is 1. The number of rotatable bonds is 8. The highest BCUT2D eigenvalue weighted by molar-refractivity contribution is 7.76. The molecule has 0 aromatic carbocycles. The van der Waals surface area contributed by atoms with Crippen molar-refractivity contribution in [2.45, 2.75) is 26.7 Å². The van der Waals surface area contributed by atoms with E-state index in [1.807, 2.05) is 19.9 Å². The quantitative estimate of drug-likeness (QED) is 0.532. The largest absolute Gasteiger partial charge is 0.354 e. The SMILES string of the molecule is CCCNN(CCC1CN(c2ncnn3c(Cl)cc(C)c23)C1)S(=O)O. The van der Waals surface area contributed by atoms with Gasteiger partial charge in [-0.1, -0.05) is 18.5 Å². The van der Waals surface area contributed by atoms with Crippen molar-refractivity contribution < 1.29 is 8.76 Å². The molecular formula is C15H23ClN6O2S. The van der Waals surface area contributed by atoms with Crippen LogP contribution in [0.4, 0.5) is 5.82 Å². The molecule has 1 aliphatic rings. The maximum absolute atomic E-state index is 11.3. The predicted molar refractivity (Wildman–Crippen MR) is 98.8 cm³/mol. The van der Waals surface area contributed by atoms with E-state index in [0.717, 1.165) is 42.8 Å². The molecule has 1 atom stereocenters. The average molecular weight is 387 g/mol. The molecular weight excluding hydrogens is 364 g/mol. The molecule has 0 bridgehead atoms. The second kappa shape index (κ2) is 7.96. The first-order chi connectivity index (χ1) is 12.0. The molecule has 2 aromatic rings. The van der Waals surface area contributed by atoms with Gasteiger partial charge in [0.15, 0.2) is 5.82 Å². The Kier molecular flexibility index (Phi) is 5.90. The lowest BCUT2D eigenvalue weighted by atomic mass is 9.96. The fourth-order valence-electron chi connectivity index (χ4n) is 3.06. The van der Waals surface area contributed by atoms with Crippen molar-refractivity contribution in [1.29, 1.82) is 0 Å². The summed E-state index contributed by atoms with van der Waals surface area (Å²) in [5.41, 5.74) is 4.97. The van der Waals surface area contributed by atoms with Crippen molar-refractivity contribution in [2.75, 3.05) is 31.1 Å². The fourth-order valence-corrected chi connectivity index (χ4v) is 3.82. The van der Waals surface area contributed by atoms with Crippen LogP contribution in [0, 0.1) is 12.8 Å². The van der Waals surface area contributed by atoms with Crippen LogP contribution < -0.4 is 10.3 Å². The van der Waals surface area contributed by atoms with Crippen LogP contribution >= 0.6 is 11.6 Å². The topological polar surface area (TPSA) is 86.0 Å². The van der Waals surface area contributed by atoms with E-state index < -0.39 is 11.3 Å². The zero-order chi connectivity index (χ0) is 18.0. The third-order valence-electron chi connectivity index (χ3n) is 4.41. The van der Waals surface area contributed by atoms with Crippen LogP contribution in [0.2, 0.25) is 5.15 Å². The smallest absolute Gasteiger partial charge is 0.248 e. The predicted octanol–water partition coefficient (Wildman–Crippen LogP) is 1.87. The molecule has 2 N–H and O–H groups in total. The molecule has 0 radical (unpaired) electrons. The summed E-state index contributed by atoms with van der Waals surface area (Å²) in [5.74, 6) is 1.36. The number of fused-ring (bicyclic) bond motifs is 1. The first kappa shape index (κ1) is 18.5. The van der Waals surface area contributed by atoms with E-state index in [2.05, 4.69) is 20.4 Å². The summed E-state index contributed by atoms with van der Waals surface area (Å²) in [4.78, 5) is 6.62. The molecule has 0 amide bonds. The van der Waals surface area contributed by atoms with Gasteiger partial charge in [-0.3, -0.25) is 4.55 Å². The van der Waals surface area contributed by atoms with Crippen LogP contribution in [0.1, 0.15) is 25.3 Å². The molecule has 3 heterocycles. The monoisotopic (exact) mass is 386 g/mol. The Morgan fingerprint density at radius 1 is 1.52 bits per heavy atom. The molecule has 1 saturated heterocycles. The van der Waals surface area contributed by atoms with Gasteiger partial charge < -0.3 is 4.90 Å². The van der Waals surface area contributed by atoms with Crippen molar-refractivity contribution in [3.05, 3.63) is 23.1 Å². The summed E-state index contributed by atoms with van der Waals surface area (Å²) < 4.78 is 23.7. The summed E-state index contributed by atoms with van der Waals surface area (Å²) in [6, 6.07) is 1.89. The molecule has 3 rings (SSSR count). The zero-order valence-corrected chi connectivity index (χ0v) is 15.9. The third-order valence-corrected chi connectivity index (χ3v) is 5.36. The normalized spacial score (nSPS) is 16.6. The molecule has 0 spiro atoms. The Morgan fingerprint density at radius 2 is 2.28 bits per heavy atom. The van der Waals surface area contributed by atoms with Gasteiger partial charge in [0, 0.05) is 26.2 Å². The Morgan fingerprint density at radius 3 is 2.96 bits per heavy atom. The van der Waals surface area contributed by atoms with Gasteiger partial charge in [0.2, 0.25) is 11.3 Å². The highest BCUT2D eigenvalue weighted by Crippen LogP contribution is 2.31. The standard InChI is InChI=1S/C15H23ClN6O2S/c1-3-5-18-21(25(23)24)6-4-12-8-20(9-12)15-14-11(2)7-13(16)22(14)19-10-17-15/h7,10,12,18H,3-6,8-9H2,1-2H3,(H,23,24). The Hall–Kier alpha value is -1.26. The van der Waals surface area contributed by atoms with Crippen LogP contribution in [0.15, 0.2) is 12.4 Å².